The highest BCUT2D eigenvalue weighted by Crippen LogP contribution is 2.30. The van der Waals surface area contributed by atoms with E-state index in [1.54, 1.807) is 0 Å². The number of hydrogen-bond acceptors (Lipinski definition) is 4. The Morgan fingerprint density at radius 2 is 2.24 bits per heavy atom. The van der Waals surface area contributed by atoms with Crippen molar-refractivity contribution in [2.24, 2.45) is 0 Å². The normalized spacial score (nSPS) is 13.6. The van der Waals surface area contributed by atoms with Gasteiger partial charge in [0.25, 0.3) is 0 Å². The molecular weight excluding hydrogens is 309 g/mol. The Balaban J connectivity index is 2.33. The van der Waals surface area contributed by atoms with Crippen LogP contribution in [-0.4, -0.2) is 40.2 Å². The molecular formula is C12H14ClF3N4O. The summed E-state index contributed by atoms with van der Waals surface area (Å²) in [6.07, 6.45) is -1.15. The molecule has 5 nitrogen and oxygen atoms in total. The highest BCUT2D eigenvalue weighted by atomic mass is 35.5. The van der Waals surface area contributed by atoms with E-state index in [-0.39, 0.29) is 11.6 Å². The number of nitrogens with zero attached hydrogens (tertiary/aromatic N) is 3. The quantitative estimate of drug-likeness (QED) is 0.831. The number of anilines is 1. The summed E-state index contributed by atoms with van der Waals surface area (Å²) in [5.74, 6) is 0.713. The average Bonchev–Trinajstić information content (AvgIpc) is 2.84. The fourth-order valence-electron chi connectivity index (χ4n) is 1.90. The van der Waals surface area contributed by atoms with Crippen LogP contribution in [0.3, 0.4) is 0 Å². The van der Waals surface area contributed by atoms with Crippen LogP contribution >= 0.6 is 11.6 Å². The predicted octanol–water partition coefficient (Wildman–Crippen LogP) is 2.80. The molecule has 0 spiro atoms. The first kappa shape index (κ1) is 15.8. The summed E-state index contributed by atoms with van der Waals surface area (Å²) in [6.45, 7) is 0.371. The van der Waals surface area contributed by atoms with Crippen molar-refractivity contribution in [2.45, 2.75) is 18.6 Å². The van der Waals surface area contributed by atoms with Crippen molar-refractivity contribution >= 4 is 22.9 Å². The minimum absolute atomic E-state index is 0.143. The summed E-state index contributed by atoms with van der Waals surface area (Å²) in [5.41, 5.74) is -0.709. The van der Waals surface area contributed by atoms with Gasteiger partial charge < -0.3 is 10.1 Å². The van der Waals surface area contributed by atoms with Gasteiger partial charge in [-0.1, -0.05) is 0 Å². The first-order valence-corrected chi connectivity index (χ1v) is 6.72. The van der Waals surface area contributed by atoms with E-state index < -0.39 is 11.9 Å². The molecule has 2 aromatic rings. The molecule has 0 aliphatic heterocycles. The molecule has 1 unspecified atom stereocenters. The second-order valence-corrected chi connectivity index (χ2v) is 4.79. The number of halogens is 4. The maximum absolute atomic E-state index is 12.7. The minimum Gasteiger partial charge on any atom is -0.383 e. The van der Waals surface area contributed by atoms with Gasteiger partial charge in [0.15, 0.2) is 11.5 Å². The molecule has 2 aromatic heterocycles. The van der Waals surface area contributed by atoms with Crippen LogP contribution < -0.4 is 5.32 Å². The van der Waals surface area contributed by atoms with Gasteiger partial charge in [-0.3, -0.25) is 0 Å². The van der Waals surface area contributed by atoms with Crippen LogP contribution in [0.15, 0.2) is 18.5 Å². The van der Waals surface area contributed by atoms with E-state index in [9.17, 15) is 13.2 Å². The molecule has 2 heterocycles. The van der Waals surface area contributed by atoms with Crippen molar-refractivity contribution in [3.8, 4) is 0 Å². The maximum Gasteiger partial charge on any atom is 0.435 e. The molecule has 0 bridgehead atoms. The lowest BCUT2D eigenvalue weighted by Gasteiger charge is -2.17. The van der Waals surface area contributed by atoms with Crippen LogP contribution in [0, 0.1) is 0 Å². The topological polar surface area (TPSA) is 51.5 Å². The number of nitrogens with one attached hydrogen (secondary N) is 1. The lowest BCUT2D eigenvalue weighted by Crippen LogP contribution is -2.26. The van der Waals surface area contributed by atoms with Crippen LogP contribution in [0.4, 0.5) is 19.0 Å². The molecule has 21 heavy (non-hydrogen) atoms. The highest BCUT2D eigenvalue weighted by Gasteiger charge is 2.34. The largest absolute Gasteiger partial charge is 0.435 e. The Labute approximate surface area is 124 Å². The van der Waals surface area contributed by atoms with Gasteiger partial charge in [-0.2, -0.15) is 18.3 Å². The number of hydrogen-bond donors (Lipinski definition) is 1. The monoisotopic (exact) mass is 322 g/mol. The SMILES string of the molecule is COCC(CCCl)Nc1nccn2nc(C(F)(F)F)cc12. The predicted molar refractivity (Wildman–Crippen MR) is 72.6 cm³/mol. The number of methoxy groups -OCH3 is 1. The van der Waals surface area contributed by atoms with E-state index in [2.05, 4.69) is 15.4 Å². The van der Waals surface area contributed by atoms with Crippen molar-refractivity contribution in [3.05, 3.63) is 24.2 Å². The van der Waals surface area contributed by atoms with Crippen LogP contribution in [0.25, 0.3) is 5.52 Å². The molecule has 0 saturated heterocycles. The molecule has 0 saturated carbocycles. The summed E-state index contributed by atoms with van der Waals surface area (Å²) < 4.78 is 44.3. The molecule has 116 valence electrons. The second kappa shape index (κ2) is 6.48. The van der Waals surface area contributed by atoms with Crippen LogP contribution in [-0.2, 0) is 10.9 Å². The van der Waals surface area contributed by atoms with Crippen LogP contribution in [0.2, 0.25) is 0 Å². The van der Waals surface area contributed by atoms with E-state index >= 15 is 0 Å². The third-order valence-corrected chi connectivity index (χ3v) is 3.06. The van der Waals surface area contributed by atoms with Gasteiger partial charge in [0.2, 0.25) is 0 Å². The summed E-state index contributed by atoms with van der Waals surface area (Å²) in [4.78, 5) is 4.07. The molecule has 1 atom stereocenters. The minimum atomic E-state index is -4.49. The Kier molecular flexibility index (Phi) is 4.89. The lowest BCUT2D eigenvalue weighted by atomic mass is 10.2. The number of rotatable bonds is 6. The lowest BCUT2D eigenvalue weighted by molar-refractivity contribution is -0.141. The summed E-state index contributed by atoms with van der Waals surface area (Å²) in [5, 5.41) is 6.54. The first-order valence-electron chi connectivity index (χ1n) is 6.18. The van der Waals surface area contributed by atoms with E-state index in [0.29, 0.717) is 24.7 Å². The molecule has 9 heteroatoms. The van der Waals surface area contributed by atoms with Gasteiger partial charge in [-0.15, -0.1) is 11.6 Å². The van der Waals surface area contributed by atoms with Crippen molar-refractivity contribution < 1.29 is 17.9 Å². The highest BCUT2D eigenvalue weighted by molar-refractivity contribution is 6.17. The molecule has 0 aromatic carbocycles. The molecule has 0 radical (unpaired) electrons. The summed E-state index contributed by atoms with van der Waals surface area (Å²) >= 11 is 5.70. The zero-order chi connectivity index (χ0) is 15.5. The maximum atomic E-state index is 12.7. The zero-order valence-electron chi connectivity index (χ0n) is 11.2. The number of ether oxygens (including phenoxy) is 1. The molecule has 0 aliphatic carbocycles. The van der Waals surface area contributed by atoms with Gasteiger partial charge in [0, 0.05) is 31.4 Å². The van der Waals surface area contributed by atoms with Crippen LogP contribution in [0.1, 0.15) is 12.1 Å². The Bertz CT molecular complexity index is 596. The fraction of sp³-hybridized carbons (Fsp3) is 0.500. The van der Waals surface area contributed by atoms with E-state index in [1.165, 1.54) is 19.5 Å². The smallest absolute Gasteiger partial charge is 0.383 e. The van der Waals surface area contributed by atoms with Crippen molar-refractivity contribution in [3.63, 3.8) is 0 Å². The van der Waals surface area contributed by atoms with Crippen LogP contribution in [0.5, 0.6) is 0 Å². The van der Waals surface area contributed by atoms with Gasteiger partial charge >= 0.3 is 6.18 Å². The second-order valence-electron chi connectivity index (χ2n) is 4.41. The first-order chi connectivity index (χ1) is 9.95. The molecule has 0 aliphatic rings. The third kappa shape index (κ3) is 3.76. The van der Waals surface area contributed by atoms with Crippen molar-refractivity contribution in [1.29, 1.82) is 0 Å². The number of aromatic nitrogens is 3. The molecule has 0 fully saturated rings. The molecule has 2 rings (SSSR count). The fourth-order valence-corrected chi connectivity index (χ4v) is 2.16. The zero-order valence-corrected chi connectivity index (χ0v) is 11.9. The molecule has 1 N–H and O–H groups in total. The summed E-state index contributed by atoms with van der Waals surface area (Å²) in [7, 11) is 1.54. The third-order valence-electron chi connectivity index (χ3n) is 2.85. The Hall–Kier alpha value is -1.54. The van der Waals surface area contributed by atoms with Gasteiger partial charge in [-0.25, -0.2) is 9.50 Å². The number of alkyl halides is 4. The number of fused-ring (bicyclic) bond motifs is 1. The molecule has 0 amide bonds. The van der Waals surface area contributed by atoms with Gasteiger partial charge in [0.05, 0.1) is 12.6 Å². The van der Waals surface area contributed by atoms with E-state index in [4.69, 9.17) is 16.3 Å². The van der Waals surface area contributed by atoms with E-state index in [1.807, 2.05) is 0 Å². The summed E-state index contributed by atoms with van der Waals surface area (Å²) in [6, 6.07) is 0.815. The van der Waals surface area contributed by atoms with Gasteiger partial charge in [-0.05, 0) is 6.42 Å². The Morgan fingerprint density at radius 3 is 2.86 bits per heavy atom. The Morgan fingerprint density at radius 1 is 1.48 bits per heavy atom. The van der Waals surface area contributed by atoms with E-state index in [0.717, 1.165) is 10.6 Å². The van der Waals surface area contributed by atoms with Gasteiger partial charge in [0.1, 0.15) is 5.52 Å². The average molecular weight is 323 g/mol. The van der Waals surface area contributed by atoms with Crippen molar-refractivity contribution in [2.75, 3.05) is 24.9 Å². The van der Waals surface area contributed by atoms with Crippen molar-refractivity contribution in [1.82, 2.24) is 14.6 Å². The standard InChI is InChI=1S/C12H14ClF3N4O/c1-21-7-8(2-3-13)18-11-9-6-10(12(14,15)16)19-20(9)5-4-17-11/h4-6,8H,2-3,7H2,1H3,(H,17,18).